The minimum absolute atomic E-state index is 0.741. The van der Waals surface area contributed by atoms with E-state index in [0.29, 0.717) is 0 Å². The average Bonchev–Trinajstić information content (AvgIpc) is 3.17. The Morgan fingerprint density at radius 3 is 2.17 bits per heavy atom. The van der Waals surface area contributed by atoms with Gasteiger partial charge in [-0.15, -0.1) is 5.10 Å². The first kappa shape index (κ1) is 14.4. The second kappa shape index (κ2) is 6.13. The van der Waals surface area contributed by atoms with E-state index < -0.39 is 0 Å². The molecule has 0 atom stereocenters. The van der Waals surface area contributed by atoms with Crippen LogP contribution in [0.25, 0.3) is 33.5 Å². The largest absolute Gasteiger partial charge is 0.345 e. The van der Waals surface area contributed by atoms with Crippen LogP contribution in [-0.2, 0) is 0 Å². The van der Waals surface area contributed by atoms with Crippen molar-refractivity contribution in [2.45, 2.75) is 6.92 Å². The van der Waals surface area contributed by atoms with Gasteiger partial charge in [-0.1, -0.05) is 72.3 Å². The van der Waals surface area contributed by atoms with E-state index in [0.717, 1.165) is 22.4 Å². The van der Waals surface area contributed by atoms with E-state index in [-0.39, 0.29) is 0 Å². The smallest absolute Gasteiger partial charge is 0.152 e. The highest BCUT2D eigenvalue weighted by Crippen LogP contribution is 2.34. The van der Waals surface area contributed by atoms with Crippen LogP contribution in [0.1, 0.15) is 5.56 Å². The molecule has 3 aromatic carbocycles. The maximum Gasteiger partial charge on any atom is 0.152 e. The van der Waals surface area contributed by atoms with Gasteiger partial charge in [0.15, 0.2) is 6.26 Å². The number of hydrogen-bond acceptors (Lipinski definition) is 3. The van der Waals surface area contributed by atoms with E-state index in [1.165, 1.54) is 16.7 Å². The third kappa shape index (κ3) is 2.72. The van der Waals surface area contributed by atoms with Crippen LogP contribution in [0.15, 0.2) is 83.6 Å². The summed E-state index contributed by atoms with van der Waals surface area (Å²) in [5, 5.41) is 7.68. The van der Waals surface area contributed by atoms with Crippen molar-refractivity contribution in [1.82, 2.24) is 10.4 Å². The van der Waals surface area contributed by atoms with E-state index >= 15 is 0 Å². The summed E-state index contributed by atoms with van der Waals surface area (Å²) in [6, 6.07) is 25.3. The lowest BCUT2D eigenvalue weighted by atomic mass is 9.93. The molecule has 0 amide bonds. The zero-order valence-corrected chi connectivity index (χ0v) is 13.3. The number of nitrogens with zero attached hydrogens (tertiary/aromatic N) is 2. The molecule has 1 heterocycles. The fourth-order valence-electron chi connectivity index (χ4n) is 2.83. The molecule has 116 valence electrons. The molecule has 3 heteroatoms. The topological polar surface area (TPSA) is 38.9 Å². The summed E-state index contributed by atoms with van der Waals surface area (Å²) < 4.78 is 4.93. The van der Waals surface area contributed by atoms with Gasteiger partial charge in [-0.2, -0.15) is 0 Å². The summed E-state index contributed by atoms with van der Waals surface area (Å²) in [6.07, 6.45) is 1.58. The van der Waals surface area contributed by atoms with Gasteiger partial charge in [0.25, 0.3) is 0 Å². The van der Waals surface area contributed by atoms with Gasteiger partial charge < -0.3 is 4.52 Å². The van der Waals surface area contributed by atoms with Gasteiger partial charge in [-0.25, -0.2) is 0 Å². The molecule has 0 unspecified atom stereocenters. The van der Waals surface area contributed by atoms with E-state index in [9.17, 15) is 0 Å². The van der Waals surface area contributed by atoms with Crippen molar-refractivity contribution in [3.63, 3.8) is 0 Å². The van der Waals surface area contributed by atoms with Crippen LogP contribution in [0.4, 0.5) is 0 Å². The lowest BCUT2D eigenvalue weighted by Crippen LogP contribution is -1.88. The predicted molar refractivity (Wildman–Crippen MR) is 95.3 cm³/mol. The summed E-state index contributed by atoms with van der Waals surface area (Å²) in [7, 11) is 0. The normalized spacial score (nSPS) is 10.7. The molecule has 0 aliphatic rings. The first-order chi connectivity index (χ1) is 11.8. The van der Waals surface area contributed by atoms with E-state index in [1.54, 1.807) is 6.26 Å². The number of hydrogen-bond donors (Lipinski definition) is 0. The molecule has 4 aromatic rings. The zero-order valence-electron chi connectivity index (χ0n) is 13.3. The van der Waals surface area contributed by atoms with Gasteiger partial charge in [0.1, 0.15) is 5.69 Å². The molecule has 3 nitrogen and oxygen atoms in total. The van der Waals surface area contributed by atoms with Gasteiger partial charge >= 0.3 is 0 Å². The molecular weight excluding hydrogens is 296 g/mol. The summed E-state index contributed by atoms with van der Waals surface area (Å²) in [5.41, 5.74) is 7.62. The van der Waals surface area contributed by atoms with Crippen LogP contribution in [0.2, 0.25) is 0 Å². The Kier molecular flexibility index (Phi) is 3.67. The molecule has 1 aromatic heterocycles. The highest BCUT2D eigenvalue weighted by molar-refractivity contribution is 5.85. The second-order valence-electron chi connectivity index (χ2n) is 5.78. The van der Waals surface area contributed by atoms with Crippen molar-refractivity contribution < 1.29 is 4.52 Å². The van der Waals surface area contributed by atoms with Gasteiger partial charge in [0, 0.05) is 10.8 Å². The van der Waals surface area contributed by atoms with Crippen LogP contribution in [0.5, 0.6) is 0 Å². The molecule has 0 aliphatic carbocycles. The molecule has 0 bridgehead atoms. The van der Waals surface area contributed by atoms with Crippen LogP contribution < -0.4 is 0 Å². The third-order valence-electron chi connectivity index (χ3n) is 4.13. The first-order valence-electron chi connectivity index (χ1n) is 7.85. The fraction of sp³-hybridized carbons (Fsp3) is 0.0476. The Morgan fingerprint density at radius 1 is 0.708 bits per heavy atom. The molecular formula is C21H16N2O. The molecule has 4 rings (SSSR count). The van der Waals surface area contributed by atoms with Crippen molar-refractivity contribution in [2.24, 2.45) is 0 Å². The van der Waals surface area contributed by atoms with Gasteiger partial charge in [0.05, 0.1) is 0 Å². The van der Waals surface area contributed by atoms with Gasteiger partial charge in [0.2, 0.25) is 0 Å². The molecule has 0 saturated heterocycles. The van der Waals surface area contributed by atoms with Gasteiger partial charge in [-0.3, -0.25) is 0 Å². The van der Waals surface area contributed by atoms with Crippen molar-refractivity contribution in [1.29, 1.82) is 0 Å². The van der Waals surface area contributed by atoms with Crippen LogP contribution in [-0.4, -0.2) is 10.4 Å². The monoisotopic (exact) mass is 312 g/mol. The van der Waals surface area contributed by atoms with Crippen LogP contribution in [0, 0.1) is 6.92 Å². The first-order valence-corrected chi connectivity index (χ1v) is 7.85. The van der Waals surface area contributed by atoms with Crippen LogP contribution in [0.3, 0.4) is 0 Å². The predicted octanol–water partition coefficient (Wildman–Crippen LogP) is 5.38. The third-order valence-corrected chi connectivity index (χ3v) is 4.13. The Morgan fingerprint density at radius 2 is 1.46 bits per heavy atom. The number of aryl methyl sites for hydroxylation is 1. The Balaban J connectivity index is 1.91. The quantitative estimate of drug-likeness (QED) is 0.510. The molecule has 0 radical (unpaired) electrons. The summed E-state index contributed by atoms with van der Waals surface area (Å²) in [6.45, 7) is 2.09. The van der Waals surface area contributed by atoms with Crippen molar-refractivity contribution in [2.75, 3.05) is 0 Å². The molecule has 0 N–H and O–H groups in total. The maximum absolute atomic E-state index is 4.93. The highest BCUT2D eigenvalue weighted by Gasteiger charge is 2.12. The average molecular weight is 312 g/mol. The molecule has 0 spiro atoms. The van der Waals surface area contributed by atoms with Crippen molar-refractivity contribution >= 4 is 0 Å². The van der Waals surface area contributed by atoms with E-state index in [1.807, 2.05) is 6.07 Å². The lowest BCUT2D eigenvalue weighted by Gasteiger charge is -2.11. The van der Waals surface area contributed by atoms with E-state index in [4.69, 9.17) is 4.52 Å². The Hall–Kier alpha value is -3.20. The highest BCUT2D eigenvalue weighted by atomic mass is 16.5. The molecule has 0 fully saturated rings. The SMILES string of the molecule is Cc1ccc(-c2cc(-c3ccccc3)ccc2-c2conn2)cc1. The zero-order chi connectivity index (χ0) is 16.4. The number of aromatic nitrogens is 2. The van der Waals surface area contributed by atoms with Crippen LogP contribution >= 0.6 is 0 Å². The van der Waals surface area contributed by atoms with Crippen molar-refractivity contribution in [3.05, 3.63) is 84.6 Å². The Labute approximate surface area is 140 Å². The second-order valence-corrected chi connectivity index (χ2v) is 5.78. The maximum atomic E-state index is 4.93. The minimum atomic E-state index is 0.741. The standard InChI is InChI=1S/C21H16N2O/c1-15-7-9-17(10-8-15)20-13-18(16-5-3-2-4-6-16)11-12-19(20)21-14-24-23-22-21/h2-14H,1H3. The van der Waals surface area contributed by atoms with Gasteiger partial charge in [-0.05, 0) is 35.2 Å². The van der Waals surface area contributed by atoms with E-state index in [2.05, 4.69) is 84.0 Å². The number of benzene rings is 3. The molecule has 0 aliphatic heterocycles. The molecule has 24 heavy (non-hydrogen) atoms. The summed E-state index contributed by atoms with van der Waals surface area (Å²) in [4.78, 5) is 0. The summed E-state index contributed by atoms with van der Waals surface area (Å²) >= 11 is 0. The van der Waals surface area contributed by atoms with Crippen molar-refractivity contribution in [3.8, 4) is 33.5 Å². The number of rotatable bonds is 3. The summed E-state index contributed by atoms with van der Waals surface area (Å²) in [5.74, 6) is 0. The lowest BCUT2D eigenvalue weighted by molar-refractivity contribution is 0.393. The minimum Gasteiger partial charge on any atom is -0.345 e. The fourth-order valence-corrected chi connectivity index (χ4v) is 2.83. The molecule has 0 saturated carbocycles. The Bertz CT molecular complexity index is 943.